The number of hydrogen-bond acceptors (Lipinski definition) is 3. The van der Waals surface area contributed by atoms with Crippen molar-refractivity contribution < 1.29 is 4.68 Å². The number of rotatable bonds is 3. The summed E-state index contributed by atoms with van der Waals surface area (Å²) >= 11 is 1.63. The SMILES string of the molecule is CCC[n+]1ccc(-c2nccs2)cn1. The molecule has 0 aliphatic rings. The quantitative estimate of drug-likeness (QED) is 0.718. The van der Waals surface area contributed by atoms with Crippen LogP contribution in [0.3, 0.4) is 0 Å². The molecular formula is C10H12N3S+. The lowest BCUT2D eigenvalue weighted by Gasteiger charge is -1.93. The topological polar surface area (TPSA) is 29.7 Å². The number of thiazole rings is 1. The van der Waals surface area contributed by atoms with Crippen molar-refractivity contribution in [3.8, 4) is 10.6 Å². The average Bonchev–Trinajstić information content (AvgIpc) is 2.72. The fraction of sp³-hybridized carbons (Fsp3) is 0.300. The van der Waals surface area contributed by atoms with Gasteiger partial charge >= 0.3 is 0 Å². The van der Waals surface area contributed by atoms with Crippen LogP contribution in [-0.2, 0) is 6.54 Å². The van der Waals surface area contributed by atoms with E-state index in [1.807, 2.05) is 28.7 Å². The van der Waals surface area contributed by atoms with E-state index in [0.717, 1.165) is 23.5 Å². The molecule has 14 heavy (non-hydrogen) atoms. The van der Waals surface area contributed by atoms with E-state index in [0.29, 0.717) is 0 Å². The predicted molar refractivity (Wildman–Crippen MR) is 55.8 cm³/mol. The molecule has 3 nitrogen and oxygen atoms in total. The third kappa shape index (κ3) is 1.96. The van der Waals surface area contributed by atoms with Gasteiger partial charge in [0.2, 0.25) is 0 Å². The van der Waals surface area contributed by atoms with Crippen LogP contribution in [0.5, 0.6) is 0 Å². The first-order valence-electron chi connectivity index (χ1n) is 4.66. The second kappa shape index (κ2) is 4.28. The molecule has 2 rings (SSSR count). The number of aromatic nitrogens is 3. The van der Waals surface area contributed by atoms with E-state index in [9.17, 15) is 0 Å². The van der Waals surface area contributed by atoms with E-state index >= 15 is 0 Å². The maximum Gasteiger partial charge on any atom is 0.197 e. The van der Waals surface area contributed by atoms with Crippen molar-refractivity contribution in [1.82, 2.24) is 10.1 Å². The third-order valence-electron chi connectivity index (χ3n) is 1.90. The summed E-state index contributed by atoms with van der Waals surface area (Å²) in [6.07, 6.45) is 6.79. The van der Waals surface area contributed by atoms with Crippen molar-refractivity contribution in [2.75, 3.05) is 0 Å². The summed E-state index contributed by atoms with van der Waals surface area (Å²) < 4.78 is 1.94. The Labute approximate surface area is 87.1 Å². The normalized spacial score (nSPS) is 10.4. The van der Waals surface area contributed by atoms with Crippen LogP contribution in [0.25, 0.3) is 10.6 Å². The van der Waals surface area contributed by atoms with E-state index in [1.165, 1.54) is 0 Å². The Hall–Kier alpha value is -1.29. The molecule has 0 unspecified atom stereocenters. The zero-order valence-electron chi connectivity index (χ0n) is 8.05. The van der Waals surface area contributed by atoms with Crippen LogP contribution in [0.4, 0.5) is 0 Å². The molecule has 4 heteroatoms. The first-order valence-corrected chi connectivity index (χ1v) is 5.54. The summed E-state index contributed by atoms with van der Waals surface area (Å²) in [7, 11) is 0. The highest BCUT2D eigenvalue weighted by molar-refractivity contribution is 7.13. The van der Waals surface area contributed by atoms with E-state index in [4.69, 9.17) is 0 Å². The van der Waals surface area contributed by atoms with Gasteiger partial charge < -0.3 is 0 Å². The van der Waals surface area contributed by atoms with Gasteiger partial charge in [-0.15, -0.1) is 11.3 Å². The molecule has 0 aliphatic carbocycles. The molecule has 2 heterocycles. The maximum atomic E-state index is 4.31. The minimum atomic E-state index is 0.970. The molecule has 0 fully saturated rings. The van der Waals surface area contributed by atoms with Crippen LogP contribution in [-0.4, -0.2) is 10.1 Å². The predicted octanol–water partition coefficient (Wildman–Crippen LogP) is 1.90. The van der Waals surface area contributed by atoms with Gasteiger partial charge in [0.25, 0.3) is 0 Å². The fourth-order valence-corrected chi connectivity index (χ4v) is 1.87. The minimum absolute atomic E-state index is 0.970. The average molecular weight is 206 g/mol. The zero-order chi connectivity index (χ0) is 9.80. The van der Waals surface area contributed by atoms with E-state index in [2.05, 4.69) is 23.1 Å². The molecule has 0 aliphatic heterocycles. The summed E-state index contributed by atoms with van der Waals surface area (Å²) in [6, 6.07) is 2.06. The molecule has 2 aromatic heterocycles. The summed E-state index contributed by atoms with van der Waals surface area (Å²) in [5.74, 6) is 0. The van der Waals surface area contributed by atoms with Gasteiger partial charge in [-0.05, 0) is 5.10 Å². The monoisotopic (exact) mass is 206 g/mol. The van der Waals surface area contributed by atoms with E-state index in [-0.39, 0.29) is 0 Å². The Morgan fingerprint density at radius 2 is 2.43 bits per heavy atom. The van der Waals surface area contributed by atoms with Gasteiger partial charge in [-0.3, -0.25) is 0 Å². The largest absolute Gasteiger partial charge is 0.244 e. The molecule has 0 atom stereocenters. The van der Waals surface area contributed by atoms with Gasteiger partial charge in [-0.25, -0.2) is 4.98 Å². The Bertz CT molecular complexity index is 380. The Morgan fingerprint density at radius 3 is 3.00 bits per heavy atom. The van der Waals surface area contributed by atoms with Crippen LogP contribution < -0.4 is 4.68 Å². The minimum Gasteiger partial charge on any atom is -0.244 e. The second-order valence-corrected chi connectivity index (χ2v) is 3.91. The maximum absolute atomic E-state index is 4.31. The molecule has 0 amide bonds. The van der Waals surface area contributed by atoms with Crippen molar-refractivity contribution in [3.05, 3.63) is 30.0 Å². The van der Waals surface area contributed by atoms with Gasteiger partial charge in [-0.2, -0.15) is 0 Å². The van der Waals surface area contributed by atoms with Gasteiger partial charge in [0.05, 0.1) is 0 Å². The molecule has 0 spiro atoms. The van der Waals surface area contributed by atoms with Gasteiger partial charge in [0, 0.05) is 29.6 Å². The van der Waals surface area contributed by atoms with Crippen molar-refractivity contribution in [2.45, 2.75) is 19.9 Å². The lowest BCUT2D eigenvalue weighted by Crippen LogP contribution is -2.36. The fourth-order valence-electron chi connectivity index (χ4n) is 1.24. The molecule has 0 saturated heterocycles. The smallest absolute Gasteiger partial charge is 0.197 e. The van der Waals surface area contributed by atoms with Crippen molar-refractivity contribution >= 4 is 11.3 Å². The highest BCUT2D eigenvalue weighted by Crippen LogP contribution is 2.18. The lowest BCUT2D eigenvalue weighted by atomic mass is 10.3. The van der Waals surface area contributed by atoms with Crippen LogP contribution in [0.2, 0.25) is 0 Å². The summed E-state index contributed by atoms with van der Waals surface area (Å²) in [5.41, 5.74) is 1.09. The number of aryl methyl sites for hydroxylation is 1. The Kier molecular flexibility index (Phi) is 2.84. The summed E-state index contributed by atoms with van der Waals surface area (Å²) in [4.78, 5) is 4.23. The first kappa shape index (κ1) is 9.27. The van der Waals surface area contributed by atoms with E-state index in [1.54, 1.807) is 11.3 Å². The molecule has 0 N–H and O–H groups in total. The Balaban J connectivity index is 2.22. The van der Waals surface area contributed by atoms with Crippen LogP contribution in [0, 0.1) is 0 Å². The standard InChI is InChI=1S/C10H12N3S/c1-2-5-13-6-3-9(8-12-13)10-11-4-7-14-10/h3-4,6-8H,2,5H2,1H3/q+1. The van der Waals surface area contributed by atoms with Crippen molar-refractivity contribution in [3.63, 3.8) is 0 Å². The van der Waals surface area contributed by atoms with Crippen LogP contribution in [0.15, 0.2) is 30.0 Å². The van der Waals surface area contributed by atoms with Crippen LogP contribution in [0.1, 0.15) is 13.3 Å². The van der Waals surface area contributed by atoms with Gasteiger partial charge in [0.1, 0.15) is 11.2 Å². The lowest BCUT2D eigenvalue weighted by molar-refractivity contribution is -0.753. The highest BCUT2D eigenvalue weighted by Gasteiger charge is 2.04. The molecule has 72 valence electrons. The van der Waals surface area contributed by atoms with Gasteiger partial charge in [0.15, 0.2) is 12.7 Å². The molecular weight excluding hydrogens is 194 g/mol. The molecule has 2 aromatic rings. The Morgan fingerprint density at radius 1 is 1.50 bits per heavy atom. The first-order chi connectivity index (χ1) is 6.90. The molecule has 0 bridgehead atoms. The highest BCUT2D eigenvalue weighted by atomic mass is 32.1. The van der Waals surface area contributed by atoms with E-state index < -0.39 is 0 Å². The van der Waals surface area contributed by atoms with Crippen LogP contribution >= 0.6 is 11.3 Å². The third-order valence-corrected chi connectivity index (χ3v) is 2.73. The number of hydrogen-bond donors (Lipinski definition) is 0. The molecule has 0 saturated carbocycles. The summed E-state index contributed by atoms with van der Waals surface area (Å²) in [5, 5.41) is 7.31. The van der Waals surface area contributed by atoms with Crippen molar-refractivity contribution in [2.24, 2.45) is 0 Å². The molecule has 0 radical (unpaired) electrons. The molecule has 0 aromatic carbocycles. The van der Waals surface area contributed by atoms with Gasteiger partial charge in [-0.1, -0.05) is 11.6 Å². The second-order valence-electron chi connectivity index (χ2n) is 3.02. The zero-order valence-corrected chi connectivity index (χ0v) is 8.87. The van der Waals surface area contributed by atoms with Crippen molar-refractivity contribution in [1.29, 1.82) is 0 Å². The summed E-state index contributed by atoms with van der Waals surface area (Å²) in [6.45, 7) is 3.11. The number of nitrogens with zero attached hydrogens (tertiary/aromatic N) is 3.